The molecule has 0 aliphatic heterocycles. The Morgan fingerprint density at radius 3 is 2.43 bits per heavy atom. The molecule has 0 aliphatic carbocycles. The Balaban J connectivity index is 0. The number of rotatable bonds is 7. The van der Waals surface area contributed by atoms with Gasteiger partial charge in [0.2, 0.25) is 5.91 Å². The molecule has 0 atom stereocenters. The summed E-state index contributed by atoms with van der Waals surface area (Å²) in [6, 6.07) is 0. The summed E-state index contributed by atoms with van der Waals surface area (Å²) in [7, 11) is 0. The van der Waals surface area contributed by atoms with Crippen LogP contribution in [-0.2, 0) is 9.59 Å². The topological polar surface area (TPSA) is 92.4 Å². The van der Waals surface area contributed by atoms with E-state index in [0.717, 1.165) is 12.8 Å². The minimum atomic E-state index is 0.0527. The first kappa shape index (κ1) is 15.5. The molecule has 0 saturated carbocycles. The van der Waals surface area contributed by atoms with E-state index in [1.165, 1.54) is 0 Å². The number of nitrogens with one attached hydrogen (secondary N) is 1. The number of aliphatic hydroxyl groups excluding tert-OH is 1. The number of amides is 1. The molecule has 0 aromatic heterocycles. The lowest BCUT2D eigenvalue weighted by Crippen LogP contribution is -2.25. The molecule has 0 bridgehead atoms. The zero-order valence-electron chi connectivity index (χ0n) is 8.50. The molecule has 84 valence electrons. The van der Waals surface area contributed by atoms with Gasteiger partial charge < -0.3 is 21.0 Å². The van der Waals surface area contributed by atoms with E-state index in [4.69, 9.17) is 15.6 Å². The maximum Gasteiger partial charge on any atom is 0.219 e. The van der Waals surface area contributed by atoms with Gasteiger partial charge in [0.25, 0.3) is 0 Å². The highest BCUT2D eigenvalue weighted by Crippen LogP contribution is 1.93. The number of carbonyl (C=O) groups excluding carboxylic acids is 2. The number of hydrogen-bond acceptors (Lipinski definition) is 4. The molecule has 0 spiro atoms. The van der Waals surface area contributed by atoms with Crippen LogP contribution >= 0.6 is 0 Å². The second-order valence-electron chi connectivity index (χ2n) is 2.67. The fourth-order valence-corrected chi connectivity index (χ4v) is 0.816. The first-order valence-corrected chi connectivity index (χ1v) is 4.67. The van der Waals surface area contributed by atoms with Gasteiger partial charge in [-0.2, -0.15) is 0 Å². The summed E-state index contributed by atoms with van der Waals surface area (Å²) < 4.78 is 0. The zero-order valence-corrected chi connectivity index (χ0v) is 8.50. The fraction of sp³-hybridized carbons (Fsp3) is 0.778. The van der Waals surface area contributed by atoms with Crippen molar-refractivity contribution in [3.8, 4) is 0 Å². The average Bonchev–Trinajstić information content (AvgIpc) is 2.22. The second kappa shape index (κ2) is 14.6. The van der Waals surface area contributed by atoms with E-state index in [9.17, 15) is 4.79 Å². The Bertz CT molecular complexity index is 119. The van der Waals surface area contributed by atoms with Crippen molar-refractivity contribution in [1.29, 1.82) is 0 Å². The van der Waals surface area contributed by atoms with Crippen molar-refractivity contribution in [2.45, 2.75) is 25.7 Å². The summed E-state index contributed by atoms with van der Waals surface area (Å²) >= 11 is 0. The van der Waals surface area contributed by atoms with Gasteiger partial charge in [0.1, 0.15) is 6.79 Å². The van der Waals surface area contributed by atoms with Crippen molar-refractivity contribution in [3.63, 3.8) is 0 Å². The van der Waals surface area contributed by atoms with Gasteiger partial charge in [-0.1, -0.05) is 0 Å². The molecule has 5 nitrogen and oxygen atoms in total. The van der Waals surface area contributed by atoms with Crippen LogP contribution in [0.15, 0.2) is 0 Å². The molecule has 1 amide bonds. The monoisotopic (exact) mass is 204 g/mol. The van der Waals surface area contributed by atoms with Crippen LogP contribution in [0.3, 0.4) is 0 Å². The number of carbonyl (C=O) groups is 2. The van der Waals surface area contributed by atoms with Crippen LogP contribution in [-0.4, -0.2) is 37.5 Å². The first-order valence-electron chi connectivity index (χ1n) is 4.67. The Hall–Kier alpha value is -0.940. The summed E-state index contributed by atoms with van der Waals surface area (Å²) in [5.74, 6) is 0.0527. The molecule has 0 heterocycles. The minimum absolute atomic E-state index is 0.0527. The number of hydrogen-bond donors (Lipinski definition) is 3. The molecular weight excluding hydrogens is 184 g/mol. The standard InChI is InChI=1S/C8H18N2O2.CH2O/c9-5-3-6-10-8(12)4-1-2-7-11;1-2/h11H,1-7,9H2,(H,10,12);1H2. The minimum Gasteiger partial charge on any atom is -0.396 e. The summed E-state index contributed by atoms with van der Waals surface area (Å²) in [6.45, 7) is 3.43. The van der Waals surface area contributed by atoms with Crippen LogP contribution in [0.25, 0.3) is 0 Å². The molecule has 14 heavy (non-hydrogen) atoms. The van der Waals surface area contributed by atoms with Crippen LogP contribution in [0.2, 0.25) is 0 Å². The quantitative estimate of drug-likeness (QED) is 0.484. The summed E-state index contributed by atoms with van der Waals surface area (Å²) in [5.41, 5.74) is 5.25. The van der Waals surface area contributed by atoms with E-state index in [-0.39, 0.29) is 12.5 Å². The lowest BCUT2D eigenvalue weighted by molar-refractivity contribution is -0.121. The van der Waals surface area contributed by atoms with Crippen LogP contribution in [0.1, 0.15) is 25.7 Å². The maximum atomic E-state index is 11.0. The van der Waals surface area contributed by atoms with Gasteiger partial charge in [-0.05, 0) is 25.8 Å². The third-order valence-electron chi connectivity index (χ3n) is 1.52. The van der Waals surface area contributed by atoms with Gasteiger partial charge in [0, 0.05) is 19.6 Å². The molecule has 0 aliphatic rings. The summed E-state index contributed by atoms with van der Waals surface area (Å²) in [6.07, 6.45) is 2.78. The van der Waals surface area contributed by atoms with E-state index in [1.54, 1.807) is 0 Å². The Morgan fingerprint density at radius 2 is 1.93 bits per heavy atom. The second-order valence-corrected chi connectivity index (χ2v) is 2.67. The molecule has 0 radical (unpaired) electrons. The van der Waals surface area contributed by atoms with Crippen molar-refractivity contribution in [2.75, 3.05) is 19.7 Å². The van der Waals surface area contributed by atoms with Crippen LogP contribution in [0.5, 0.6) is 0 Å². The molecule has 5 heteroatoms. The molecule has 0 rings (SSSR count). The third kappa shape index (κ3) is 13.6. The van der Waals surface area contributed by atoms with Gasteiger partial charge in [-0.15, -0.1) is 0 Å². The lowest BCUT2D eigenvalue weighted by atomic mass is 10.2. The van der Waals surface area contributed by atoms with Gasteiger partial charge in [-0.3, -0.25) is 4.79 Å². The third-order valence-corrected chi connectivity index (χ3v) is 1.52. The normalized spacial score (nSPS) is 8.71. The SMILES string of the molecule is C=O.NCCCNC(=O)CCCCO. The van der Waals surface area contributed by atoms with Crippen LogP contribution < -0.4 is 11.1 Å². The lowest BCUT2D eigenvalue weighted by Gasteiger charge is -2.02. The molecule has 4 N–H and O–H groups in total. The van der Waals surface area contributed by atoms with Crippen molar-refractivity contribution in [1.82, 2.24) is 5.32 Å². The predicted octanol–water partition coefficient (Wildman–Crippen LogP) is -0.571. The largest absolute Gasteiger partial charge is 0.396 e. The highest BCUT2D eigenvalue weighted by molar-refractivity contribution is 5.75. The average molecular weight is 204 g/mol. The maximum absolute atomic E-state index is 11.0. The van der Waals surface area contributed by atoms with E-state index in [0.29, 0.717) is 25.9 Å². The Kier molecular flexibility index (Phi) is 16.2. The smallest absolute Gasteiger partial charge is 0.219 e. The van der Waals surface area contributed by atoms with Gasteiger partial charge in [0.15, 0.2) is 0 Å². The van der Waals surface area contributed by atoms with Crippen LogP contribution in [0, 0.1) is 0 Å². The van der Waals surface area contributed by atoms with E-state index in [2.05, 4.69) is 5.32 Å². The number of aliphatic hydroxyl groups is 1. The molecule has 0 aromatic rings. The molecule has 0 fully saturated rings. The highest BCUT2D eigenvalue weighted by atomic mass is 16.3. The van der Waals surface area contributed by atoms with E-state index < -0.39 is 0 Å². The Labute approximate surface area is 84.7 Å². The van der Waals surface area contributed by atoms with E-state index >= 15 is 0 Å². The summed E-state index contributed by atoms with van der Waals surface area (Å²) in [5, 5.41) is 11.2. The molecule has 0 unspecified atom stereocenters. The van der Waals surface area contributed by atoms with Crippen molar-refractivity contribution in [2.24, 2.45) is 5.73 Å². The van der Waals surface area contributed by atoms with Crippen molar-refractivity contribution in [3.05, 3.63) is 0 Å². The van der Waals surface area contributed by atoms with Crippen LogP contribution in [0.4, 0.5) is 0 Å². The molecule has 0 aromatic carbocycles. The fourth-order valence-electron chi connectivity index (χ4n) is 0.816. The molecule has 0 saturated heterocycles. The summed E-state index contributed by atoms with van der Waals surface area (Å²) in [4.78, 5) is 19.0. The number of nitrogens with two attached hydrogens (primary N) is 1. The van der Waals surface area contributed by atoms with Crippen molar-refractivity contribution >= 4 is 12.7 Å². The van der Waals surface area contributed by atoms with Gasteiger partial charge in [-0.25, -0.2) is 0 Å². The Morgan fingerprint density at radius 1 is 1.29 bits per heavy atom. The molecular formula is C9H20N2O3. The van der Waals surface area contributed by atoms with Crippen molar-refractivity contribution < 1.29 is 14.7 Å². The van der Waals surface area contributed by atoms with Gasteiger partial charge in [0.05, 0.1) is 0 Å². The predicted molar refractivity (Wildman–Crippen MR) is 54.7 cm³/mol. The highest BCUT2D eigenvalue weighted by Gasteiger charge is 1.98. The zero-order chi connectivity index (χ0) is 11.2. The first-order chi connectivity index (χ1) is 6.81. The number of unbranched alkanes of at least 4 members (excludes halogenated alkanes) is 1. The van der Waals surface area contributed by atoms with Gasteiger partial charge >= 0.3 is 0 Å². The van der Waals surface area contributed by atoms with E-state index in [1.807, 2.05) is 6.79 Å².